The van der Waals surface area contributed by atoms with Gasteiger partial charge in [-0.25, -0.2) is 0 Å². The lowest BCUT2D eigenvalue weighted by atomic mass is 10.1. The Kier molecular flexibility index (Phi) is 6.81. The average molecular weight is 540 g/mol. The smallest absolute Gasteiger partial charge is 0.294 e. The number of ether oxygens (including phenoxy) is 1. The van der Waals surface area contributed by atoms with E-state index < -0.39 is 23.6 Å². The standard InChI is InChI=1S/C20H16Br2N2O4S/c1-11-3-2-4-12(5-11)10-28-18-14(21)6-13(7-15(18)22)8-16-19(26)24(9-17(23)25)20(27)29-16/h2-8H,9-10H2,1H3,(H2,23,25)/b16-8-. The van der Waals surface area contributed by atoms with Crippen LogP contribution in [0.15, 0.2) is 50.2 Å². The van der Waals surface area contributed by atoms with Crippen molar-refractivity contribution in [3.63, 3.8) is 0 Å². The van der Waals surface area contributed by atoms with Crippen LogP contribution in [-0.4, -0.2) is 28.5 Å². The van der Waals surface area contributed by atoms with Gasteiger partial charge in [0.15, 0.2) is 0 Å². The van der Waals surface area contributed by atoms with Crippen molar-refractivity contribution in [3.05, 3.63) is 66.9 Å². The van der Waals surface area contributed by atoms with Crippen LogP contribution >= 0.6 is 43.6 Å². The Bertz CT molecular complexity index is 1020. The number of hydrogen-bond acceptors (Lipinski definition) is 5. The van der Waals surface area contributed by atoms with Gasteiger partial charge in [-0.15, -0.1) is 0 Å². The van der Waals surface area contributed by atoms with Crippen LogP contribution in [0.5, 0.6) is 5.75 Å². The minimum atomic E-state index is -0.742. The van der Waals surface area contributed by atoms with Crippen LogP contribution in [0.2, 0.25) is 0 Å². The second-order valence-electron chi connectivity index (χ2n) is 6.33. The summed E-state index contributed by atoms with van der Waals surface area (Å²) in [4.78, 5) is 36.4. The maximum atomic E-state index is 12.3. The molecule has 1 heterocycles. The zero-order valence-electron chi connectivity index (χ0n) is 15.3. The molecule has 0 aromatic heterocycles. The molecule has 0 atom stereocenters. The molecule has 29 heavy (non-hydrogen) atoms. The number of hydrogen-bond donors (Lipinski definition) is 1. The van der Waals surface area contributed by atoms with Gasteiger partial charge in [0.05, 0.1) is 13.9 Å². The van der Waals surface area contributed by atoms with Crippen molar-refractivity contribution in [2.24, 2.45) is 5.73 Å². The highest BCUT2D eigenvalue weighted by Gasteiger charge is 2.35. The Balaban J connectivity index is 1.78. The quantitative estimate of drug-likeness (QED) is 0.541. The van der Waals surface area contributed by atoms with Crippen LogP contribution in [0.4, 0.5) is 4.79 Å². The molecule has 2 aromatic carbocycles. The molecule has 2 N–H and O–H groups in total. The Morgan fingerprint density at radius 1 is 1.21 bits per heavy atom. The Hall–Kier alpha value is -2.10. The van der Waals surface area contributed by atoms with E-state index in [9.17, 15) is 14.4 Å². The normalized spacial score (nSPS) is 15.3. The number of nitrogens with two attached hydrogens (primary N) is 1. The van der Waals surface area contributed by atoms with Gasteiger partial charge in [0, 0.05) is 0 Å². The molecule has 1 aliphatic rings. The number of aryl methyl sites for hydroxylation is 1. The highest BCUT2D eigenvalue weighted by Crippen LogP contribution is 2.38. The summed E-state index contributed by atoms with van der Waals surface area (Å²) in [5.74, 6) is -0.648. The molecule has 0 saturated carbocycles. The van der Waals surface area contributed by atoms with Gasteiger partial charge in [0.1, 0.15) is 18.9 Å². The monoisotopic (exact) mass is 538 g/mol. The maximum absolute atomic E-state index is 12.3. The van der Waals surface area contributed by atoms with E-state index in [0.717, 1.165) is 27.8 Å². The molecule has 1 aliphatic heterocycles. The average Bonchev–Trinajstić information content (AvgIpc) is 2.88. The number of primary amides is 1. The topological polar surface area (TPSA) is 89.7 Å². The highest BCUT2D eigenvalue weighted by molar-refractivity contribution is 9.11. The maximum Gasteiger partial charge on any atom is 0.294 e. The Morgan fingerprint density at radius 2 is 1.90 bits per heavy atom. The summed E-state index contributed by atoms with van der Waals surface area (Å²) in [6, 6.07) is 11.6. The second kappa shape index (κ2) is 9.15. The first-order valence-corrected chi connectivity index (χ1v) is 10.9. The molecule has 2 aromatic rings. The number of amides is 3. The molecule has 3 amide bonds. The molecule has 1 saturated heterocycles. The molecule has 0 spiro atoms. The SMILES string of the molecule is Cc1cccc(COc2c(Br)cc(/C=C3\SC(=O)N(CC(N)=O)C3=O)cc2Br)c1. The molecule has 0 unspecified atom stereocenters. The lowest BCUT2D eigenvalue weighted by Gasteiger charge is -2.12. The van der Waals surface area contributed by atoms with E-state index in [1.165, 1.54) is 0 Å². The number of carbonyl (C=O) groups is 3. The predicted molar refractivity (Wildman–Crippen MR) is 119 cm³/mol. The number of benzene rings is 2. The number of halogens is 2. The zero-order chi connectivity index (χ0) is 21.1. The molecule has 150 valence electrons. The van der Waals surface area contributed by atoms with Crippen molar-refractivity contribution in [3.8, 4) is 5.75 Å². The van der Waals surface area contributed by atoms with Crippen molar-refractivity contribution in [2.45, 2.75) is 13.5 Å². The van der Waals surface area contributed by atoms with Crippen LogP contribution in [0.25, 0.3) is 6.08 Å². The van der Waals surface area contributed by atoms with Gasteiger partial charge < -0.3 is 10.5 Å². The molecule has 1 fully saturated rings. The van der Waals surface area contributed by atoms with Gasteiger partial charge in [-0.1, -0.05) is 29.8 Å². The third kappa shape index (κ3) is 5.29. The van der Waals surface area contributed by atoms with Crippen molar-refractivity contribution in [1.82, 2.24) is 4.90 Å². The third-order valence-electron chi connectivity index (χ3n) is 3.97. The fraction of sp³-hybridized carbons (Fsp3) is 0.150. The fourth-order valence-corrected chi connectivity index (χ4v) is 4.99. The lowest BCUT2D eigenvalue weighted by molar-refractivity contribution is -0.127. The zero-order valence-corrected chi connectivity index (χ0v) is 19.3. The van der Waals surface area contributed by atoms with Gasteiger partial charge in [0.25, 0.3) is 11.1 Å². The van der Waals surface area contributed by atoms with E-state index in [2.05, 4.69) is 37.9 Å². The van der Waals surface area contributed by atoms with Crippen LogP contribution in [0.1, 0.15) is 16.7 Å². The number of carbonyl (C=O) groups excluding carboxylic acids is 3. The molecule has 9 heteroatoms. The molecular formula is C20H16Br2N2O4S. The van der Waals surface area contributed by atoms with E-state index in [1.807, 2.05) is 25.1 Å². The van der Waals surface area contributed by atoms with Crippen LogP contribution in [-0.2, 0) is 16.2 Å². The second-order valence-corrected chi connectivity index (χ2v) is 9.03. The number of rotatable bonds is 6. The van der Waals surface area contributed by atoms with Crippen molar-refractivity contribution >= 4 is 66.8 Å². The summed E-state index contributed by atoms with van der Waals surface area (Å²) in [7, 11) is 0. The highest BCUT2D eigenvalue weighted by atomic mass is 79.9. The van der Waals surface area contributed by atoms with Crippen LogP contribution < -0.4 is 10.5 Å². The minimum absolute atomic E-state index is 0.225. The molecule has 3 rings (SSSR count). The summed E-state index contributed by atoms with van der Waals surface area (Å²) in [5.41, 5.74) is 7.99. The van der Waals surface area contributed by atoms with Gasteiger partial charge in [-0.2, -0.15) is 0 Å². The number of thioether (sulfide) groups is 1. The fourth-order valence-electron chi connectivity index (χ4n) is 2.70. The van der Waals surface area contributed by atoms with E-state index in [4.69, 9.17) is 10.5 Å². The van der Waals surface area contributed by atoms with Gasteiger partial charge in [-0.3, -0.25) is 19.3 Å². The summed E-state index contributed by atoms with van der Waals surface area (Å²) in [6.45, 7) is 2.00. The van der Waals surface area contributed by atoms with Crippen molar-refractivity contribution in [1.29, 1.82) is 0 Å². The molecule has 0 aliphatic carbocycles. The molecule has 0 bridgehead atoms. The predicted octanol–water partition coefficient (Wildman–Crippen LogP) is 4.62. The largest absolute Gasteiger partial charge is 0.487 e. The van der Waals surface area contributed by atoms with E-state index >= 15 is 0 Å². The third-order valence-corrected chi connectivity index (χ3v) is 6.06. The van der Waals surface area contributed by atoms with Crippen molar-refractivity contribution in [2.75, 3.05) is 6.54 Å². The molecule has 6 nitrogen and oxygen atoms in total. The first-order chi connectivity index (χ1) is 13.7. The van der Waals surface area contributed by atoms with E-state index in [0.29, 0.717) is 26.9 Å². The minimum Gasteiger partial charge on any atom is -0.487 e. The van der Waals surface area contributed by atoms with E-state index in [1.54, 1.807) is 18.2 Å². The Labute approximate surface area is 188 Å². The summed E-state index contributed by atoms with van der Waals surface area (Å²) < 4.78 is 7.33. The van der Waals surface area contributed by atoms with Crippen LogP contribution in [0, 0.1) is 6.92 Å². The molecular weight excluding hydrogens is 524 g/mol. The summed E-state index contributed by atoms with van der Waals surface area (Å²) in [6.07, 6.45) is 1.59. The number of nitrogens with zero attached hydrogens (tertiary/aromatic N) is 1. The van der Waals surface area contributed by atoms with Crippen LogP contribution in [0.3, 0.4) is 0 Å². The van der Waals surface area contributed by atoms with Gasteiger partial charge in [0.2, 0.25) is 5.91 Å². The Morgan fingerprint density at radius 3 is 2.52 bits per heavy atom. The molecule has 0 radical (unpaired) electrons. The first-order valence-electron chi connectivity index (χ1n) is 8.45. The van der Waals surface area contributed by atoms with Crippen molar-refractivity contribution < 1.29 is 19.1 Å². The van der Waals surface area contributed by atoms with Gasteiger partial charge >= 0.3 is 0 Å². The summed E-state index contributed by atoms with van der Waals surface area (Å²) >= 11 is 7.76. The van der Waals surface area contributed by atoms with E-state index in [-0.39, 0.29) is 4.91 Å². The lowest BCUT2D eigenvalue weighted by Crippen LogP contribution is -2.36. The summed E-state index contributed by atoms with van der Waals surface area (Å²) in [5, 5.41) is -0.517. The number of imide groups is 1. The first kappa shape index (κ1) is 21.6. The van der Waals surface area contributed by atoms with Gasteiger partial charge in [-0.05, 0) is 79.9 Å².